The Hall–Kier alpha value is -4.26. The van der Waals surface area contributed by atoms with Gasteiger partial charge in [-0.25, -0.2) is 8.78 Å². The molecule has 0 radical (unpaired) electrons. The third-order valence-electron chi connectivity index (χ3n) is 5.82. The first kappa shape index (κ1) is 23.9. The lowest BCUT2D eigenvalue weighted by Crippen LogP contribution is -2.20. The molecule has 0 saturated carbocycles. The number of nitrogens with one attached hydrogen (secondary N) is 1. The van der Waals surface area contributed by atoms with Crippen LogP contribution in [0.3, 0.4) is 0 Å². The van der Waals surface area contributed by atoms with E-state index in [1.807, 2.05) is 24.3 Å². The molecular weight excluding hydrogens is 450 g/mol. The van der Waals surface area contributed by atoms with Crippen LogP contribution in [0, 0.1) is 25.5 Å². The van der Waals surface area contributed by atoms with Gasteiger partial charge in [0.05, 0.1) is 13.7 Å². The maximum Gasteiger partial charge on any atom is 0.258 e. The van der Waals surface area contributed by atoms with Crippen LogP contribution in [0.1, 0.15) is 16.7 Å². The molecule has 0 aliphatic carbocycles. The van der Waals surface area contributed by atoms with Crippen molar-refractivity contribution in [3.05, 3.63) is 122 Å². The van der Waals surface area contributed by atoms with Crippen LogP contribution in [0.2, 0.25) is 0 Å². The van der Waals surface area contributed by atoms with Crippen LogP contribution in [0.5, 0.6) is 5.75 Å². The summed E-state index contributed by atoms with van der Waals surface area (Å²) in [7, 11) is 1.62. The van der Waals surface area contributed by atoms with Crippen LogP contribution < -0.4 is 15.9 Å². The number of rotatable bonds is 3. The van der Waals surface area contributed by atoms with Crippen molar-refractivity contribution >= 4 is 21.5 Å². The smallest absolute Gasteiger partial charge is 0.258 e. The minimum Gasteiger partial charge on any atom is -0.497 e. The molecule has 2 aromatic heterocycles. The molecule has 7 heteroatoms. The number of aromatic nitrogens is 2. The summed E-state index contributed by atoms with van der Waals surface area (Å²) >= 11 is 0. The number of hydrogen-bond acceptors (Lipinski definition) is 3. The van der Waals surface area contributed by atoms with Gasteiger partial charge >= 0.3 is 0 Å². The van der Waals surface area contributed by atoms with Crippen molar-refractivity contribution in [3.63, 3.8) is 0 Å². The Balaban J connectivity index is 0.000000189. The number of nitrogens with zero attached hydrogens (tertiary/aromatic N) is 1. The number of benzene rings is 3. The van der Waals surface area contributed by atoms with E-state index in [1.165, 1.54) is 18.3 Å². The SMILES string of the molecule is COc1ccc(Cn2ccc3cc(F)c(C)cc3c2=O)cc1.Cc1cc2c(=O)[nH]ccc2cc1F. The standard InChI is InChI=1S/C18H16FNO2.C10H8FNO/c1-12-9-16-14(10-17(12)19)7-8-20(18(16)21)11-13-3-5-15(22-2)6-4-13;1-6-4-8-7(5-9(6)11)2-3-12-10(8)13/h3-10H,11H2,1-2H3;2-5H,1H3,(H,12,13). The molecule has 0 unspecified atom stereocenters. The van der Waals surface area contributed by atoms with Crippen LogP contribution in [0.4, 0.5) is 8.78 Å². The van der Waals surface area contributed by atoms with Crippen molar-refractivity contribution in [2.24, 2.45) is 0 Å². The number of aryl methyl sites for hydroxylation is 2. The van der Waals surface area contributed by atoms with Crippen molar-refractivity contribution in [1.82, 2.24) is 9.55 Å². The number of pyridine rings is 2. The molecule has 5 rings (SSSR count). The Morgan fingerprint density at radius 1 is 0.829 bits per heavy atom. The van der Waals surface area contributed by atoms with Gasteiger partial charge in [-0.1, -0.05) is 12.1 Å². The van der Waals surface area contributed by atoms with Gasteiger partial charge in [0.1, 0.15) is 17.4 Å². The van der Waals surface area contributed by atoms with Crippen LogP contribution in [0.15, 0.2) is 82.6 Å². The van der Waals surface area contributed by atoms with Gasteiger partial charge < -0.3 is 14.3 Å². The summed E-state index contributed by atoms with van der Waals surface area (Å²) in [5.41, 5.74) is 1.68. The van der Waals surface area contributed by atoms with Crippen molar-refractivity contribution < 1.29 is 13.5 Å². The molecule has 178 valence electrons. The zero-order chi connectivity index (χ0) is 25.1. The predicted molar refractivity (Wildman–Crippen MR) is 134 cm³/mol. The van der Waals surface area contributed by atoms with Crippen LogP contribution in [-0.4, -0.2) is 16.7 Å². The molecule has 35 heavy (non-hydrogen) atoms. The van der Waals surface area contributed by atoms with Crippen LogP contribution in [0.25, 0.3) is 21.5 Å². The lowest BCUT2D eigenvalue weighted by molar-refractivity contribution is 0.414. The number of halogens is 2. The molecule has 0 bridgehead atoms. The van der Waals surface area contributed by atoms with Gasteiger partial charge in [0.25, 0.3) is 11.1 Å². The van der Waals surface area contributed by atoms with Gasteiger partial charge in [-0.3, -0.25) is 9.59 Å². The van der Waals surface area contributed by atoms with E-state index < -0.39 is 0 Å². The summed E-state index contributed by atoms with van der Waals surface area (Å²) in [6, 6.07) is 17.0. The Bertz CT molecular complexity index is 1640. The van der Waals surface area contributed by atoms with Gasteiger partial charge in [0, 0.05) is 23.2 Å². The molecule has 5 aromatic rings. The number of fused-ring (bicyclic) bond motifs is 2. The average Bonchev–Trinajstić information content (AvgIpc) is 2.85. The van der Waals surface area contributed by atoms with E-state index in [0.29, 0.717) is 39.2 Å². The quantitative estimate of drug-likeness (QED) is 0.377. The molecule has 0 aliphatic heterocycles. The van der Waals surface area contributed by atoms with Crippen LogP contribution in [-0.2, 0) is 6.54 Å². The van der Waals surface area contributed by atoms with E-state index in [9.17, 15) is 18.4 Å². The third kappa shape index (κ3) is 5.14. The second kappa shape index (κ2) is 9.93. The molecule has 0 spiro atoms. The van der Waals surface area contributed by atoms with E-state index >= 15 is 0 Å². The lowest BCUT2D eigenvalue weighted by atomic mass is 10.1. The second-order valence-corrected chi connectivity index (χ2v) is 8.28. The maximum absolute atomic E-state index is 13.6. The first-order valence-electron chi connectivity index (χ1n) is 11.0. The highest BCUT2D eigenvalue weighted by Gasteiger charge is 2.07. The molecule has 0 saturated heterocycles. The van der Waals surface area contributed by atoms with E-state index in [0.717, 1.165) is 11.3 Å². The zero-order valence-electron chi connectivity index (χ0n) is 19.6. The molecule has 5 nitrogen and oxygen atoms in total. The summed E-state index contributed by atoms with van der Waals surface area (Å²) in [5.74, 6) is 0.207. The first-order valence-corrected chi connectivity index (χ1v) is 11.0. The highest BCUT2D eigenvalue weighted by molar-refractivity contribution is 5.82. The number of H-pyrrole nitrogens is 1. The van der Waals surface area contributed by atoms with E-state index in [-0.39, 0.29) is 22.8 Å². The molecule has 3 aromatic carbocycles. The minimum absolute atomic E-state index is 0.114. The number of hydrogen-bond donors (Lipinski definition) is 1. The van der Waals surface area contributed by atoms with Gasteiger partial charge in [0.2, 0.25) is 0 Å². The van der Waals surface area contributed by atoms with Crippen molar-refractivity contribution in [1.29, 1.82) is 0 Å². The Kier molecular flexibility index (Phi) is 6.78. The Labute approximate surface area is 200 Å². The predicted octanol–water partition coefficient (Wildman–Crippen LogP) is 5.48. The van der Waals surface area contributed by atoms with Gasteiger partial charge in [-0.05, 0) is 89.8 Å². The largest absolute Gasteiger partial charge is 0.497 e. The monoisotopic (exact) mass is 474 g/mol. The highest BCUT2D eigenvalue weighted by Crippen LogP contribution is 2.17. The number of aromatic amines is 1. The van der Waals surface area contributed by atoms with Gasteiger partial charge in [-0.2, -0.15) is 0 Å². The minimum atomic E-state index is -0.292. The fraction of sp³-hybridized carbons (Fsp3) is 0.143. The Morgan fingerprint density at radius 3 is 2.06 bits per heavy atom. The Morgan fingerprint density at radius 2 is 1.43 bits per heavy atom. The normalized spacial score (nSPS) is 10.8. The summed E-state index contributed by atoms with van der Waals surface area (Å²) in [5, 5.41) is 2.32. The topological polar surface area (TPSA) is 64.1 Å². The fourth-order valence-electron chi connectivity index (χ4n) is 3.78. The molecular formula is C28H24F2N2O3. The number of methoxy groups -OCH3 is 1. The van der Waals surface area contributed by atoms with Crippen molar-refractivity contribution in [3.8, 4) is 5.75 Å². The molecule has 1 N–H and O–H groups in total. The first-order chi connectivity index (χ1) is 16.8. The zero-order valence-corrected chi connectivity index (χ0v) is 19.6. The second-order valence-electron chi connectivity index (χ2n) is 8.28. The summed E-state index contributed by atoms with van der Waals surface area (Å²) in [6.07, 6.45) is 3.21. The third-order valence-corrected chi connectivity index (χ3v) is 5.82. The molecule has 0 aliphatic rings. The molecule has 0 amide bonds. The molecule has 2 heterocycles. The van der Waals surface area contributed by atoms with E-state index in [4.69, 9.17) is 4.74 Å². The van der Waals surface area contributed by atoms with E-state index in [1.54, 1.807) is 56.0 Å². The van der Waals surface area contributed by atoms with Crippen molar-refractivity contribution in [2.45, 2.75) is 20.4 Å². The summed E-state index contributed by atoms with van der Waals surface area (Å²) < 4.78 is 33.4. The van der Waals surface area contributed by atoms with Gasteiger partial charge in [0.15, 0.2) is 0 Å². The lowest BCUT2D eigenvalue weighted by Gasteiger charge is -2.09. The summed E-state index contributed by atoms with van der Waals surface area (Å²) in [6.45, 7) is 3.77. The fourth-order valence-corrected chi connectivity index (χ4v) is 3.78. The average molecular weight is 475 g/mol. The maximum atomic E-state index is 13.6. The van der Waals surface area contributed by atoms with E-state index in [2.05, 4.69) is 4.98 Å². The van der Waals surface area contributed by atoms with Crippen molar-refractivity contribution in [2.75, 3.05) is 7.11 Å². The summed E-state index contributed by atoms with van der Waals surface area (Å²) in [4.78, 5) is 26.3. The molecule has 0 fully saturated rings. The number of ether oxygens (including phenoxy) is 1. The van der Waals surface area contributed by atoms with Crippen LogP contribution >= 0.6 is 0 Å². The highest BCUT2D eigenvalue weighted by atomic mass is 19.1. The molecule has 0 atom stereocenters. The van der Waals surface area contributed by atoms with Gasteiger partial charge in [-0.15, -0.1) is 0 Å².